The van der Waals surface area contributed by atoms with Crippen molar-refractivity contribution in [3.63, 3.8) is 0 Å². The fourth-order valence-corrected chi connectivity index (χ4v) is 1.22. The Bertz CT molecular complexity index is 461. The quantitative estimate of drug-likeness (QED) is 0.510. The molecule has 0 fully saturated rings. The monoisotopic (exact) mass is 306 g/mol. The van der Waals surface area contributed by atoms with Crippen LogP contribution >= 0.6 is 0 Å². The summed E-state index contributed by atoms with van der Waals surface area (Å²) in [6.07, 6.45) is -5.08. The third kappa shape index (κ3) is 7.93. The molecule has 3 N–H and O–H groups in total. The Hall–Kier alpha value is -2.09. The molecule has 21 heavy (non-hydrogen) atoms. The number of nitrogens with two attached hydrogens (primary N) is 1. The van der Waals surface area contributed by atoms with Gasteiger partial charge in [0.05, 0.1) is 0 Å². The van der Waals surface area contributed by atoms with E-state index in [1.807, 2.05) is 32.0 Å². The van der Waals surface area contributed by atoms with Crippen LogP contribution in [0.1, 0.15) is 24.2 Å². The van der Waals surface area contributed by atoms with Crippen LogP contribution in [0.15, 0.2) is 30.3 Å². The molecule has 1 aromatic carbocycles. The van der Waals surface area contributed by atoms with Crippen LogP contribution in [-0.2, 0) is 4.79 Å². The molecule has 0 heterocycles. The Kier molecular flexibility index (Phi) is 7.43. The number of carboxylic acids is 1. The largest absolute Gasteiger partial charge is 0.490 e. The Morgan fingerprint density at radius 3 is 2.00 bits per heavy atom. The first-order valence-electron chi connectivity index (χ1n) is 5.97. The van der Waals surface area contributed by atoms with Crippen molar-refractivity contribution in [2.75, 3.05) is 6.54 Å². The lowest BCUT2D eigenvalue weighted by Crippen LogP contribution is -2.39. The van der Waals surface area contributed by atoms with Crippen LogP contribution in [0.25, 0.3) is 0 Å². The molecule has 1 amide bonds. The van der Waals surface area contributed by atoms with Crippen molar-refractivity contribution in [3.8, 4) is 0 Å². The lowest BCUT2D eigenvalue weighted by atomic mass is 10.2. The van der Waals surface area contributed by atoms with Crippen LogP contribution in [0.4, 0.5) is 13.2 Å². The van der Waals surface area contributed by atoms with Crippen molar-refractivity contribution >= 4 is 11.9 Å². The topological polar surface area (TPSA) is 83.6 Å². The third-order valence-electron chi connectivity index (χ3n) is 2.09. The number of hydrogen-bond acceptors (Lipinski definition) is 3. The van der Waals surface area contributed by atoms with Crippen molar-refractivity contribution in [3.05, 3.63) is 35.9 Å². The molecule has 0 radical (unpaired) electrons. The molecule has 5 nitrogen and oxygen atoms in total. The average Bonchev–Trinajstić information content (AvgIpc) is 2.37. The maximum absolute atomic E-state index is 11.7. The molecule has 0 aromatic heterocycles. The first kappa shape index (κ1) is 18.9. The van der Waals surface area contributed by atoms with Crippen LogP contribution in [0.3, 0.4) is 0 Å². The molecule has 0 aliphatic rings. The molecular weight excluding hydrogens is 289 g/mol. The number of rotatable bonds is 3. The maximum Gasteiger partial charge on any atom is 0.490 e. The maximum atomic E-state index is 11.7. The molecule has 0 aliphatic carbocycles. The third-order valence-corrected chi connectivity index (χ3v) is 2.09. The Morgan fingerprint density at radius 1 is 1.24 bits per heavy atom. The second-order valence-corrected chi connectivity index (χ2v) is 4.52. The average molecular weight is 306 g/mol. The van der Waals surface area contributed by atoms with Gasteiger partial charge in [0.1, 0.15) is 0 Å². The molecule has 118 valence electrons. The van der Waals surface area contributed by atoms with Crippen molar-refractivity contribution in [2.45, 2.75) is 20.0 Å². The number of nitrogens with zero attached hydrogens (tertiary/aromatic N) is 1. The fourth-order valence-electron chi connectivity index (χ4n) is 1.22. The highest BCUT2D eigenvalue weighted by Gasteiger charge is 2.38. The van der Waals surface area contributed by atoms with Gasteiger partial charge in [0.25, 0.3) is 5.91 Å². The zero-order chi connectivity index (χ0) is 16.6. The normalized spacial score (nSPS) is 10.6. The number of benzene rings is 1. The predicted molar refractivity (Wildman–Crippen MR) is 70.2 cm³/mol. The van der Waals surface area contributed by atoms with Gasteiger partial charge in [-0.25, -0.2) is 10.6 Å². The summed E-state index contributed by atoms with van der Waals surface area (Å²) in [5.74, 6) is 3.13. The van der Waals surface area contributed by atoms with Gasteiger partial charge < -0.3 is 5.11 Å². The molecule has 0 spiro atoms. The lowest BCUT2D eigenvalue weighted by molar-refractivity contribution is -0.192. The standard InChI is InChI=1S/C11H16N2O.C2HF3O2/c1-9(2)8-13(12)11(14)10-6-4-3-5-7-10;3-2(4,5)1(6)7/h3-7,9H,8,12H2,1-2H3;(H,6,7). The molecule has 0 atom stereocenters. The molecule has 1 aromatic rings. The van der Waals surface area contributed by atoms with Gasteiger partial charge in [-0.2, -0.15) is 13.2 Å². The van der Waals surface area contributed by atoms with Crippen molar-refractivity contribution < 1.29 is 27.9 Å². The molecule has 0 unspecified atom stereocenters. The highest BCUT2D eigenvalue weighted by Crippen LogP contribution is 2.13. The van der Waals surface area contributed by atoms with Gasteiger partial charge in [0, 0.05) is 12.1 Å². The number of hydrogen-bond donors (Lipinski definition) is 2. The molecule has 1 rings (SSSR count). The van der Waals surface area contributed by atoms with Crippen LogP contribution in [0.5, 0.6) is 0 Å². The smallest absolute Gasteiger partial charge is 0.475 e. The number of halogens is 3. The first-order valence-corrected chi connectivity index (χ1v) is 5.97. The Morgan fingerprint density at radius 2 is 1.67 bits per heavy atom. The van der Waals surface area contributed by atoms with Crippen LogP contribution in [-0.4, -0.2) is 34.7 Å². The minimum Gasteiger partial charge on any atom is -0.475 e. The number of carboxylic acid groups (broad SMARTS) is 1. The second kappa shape index (κ2) is 8.25. The zero-order valence-corrected chi connectivity index (χ0v) is 11.6. The van der Waals surface area contributed by atoms with Crippen molar-refractivity contribution in [2.24, 2.45) is 11.8 Å². The van der Waals surface area contributed by atoms with Crippen molar-refractivity contribution in [1.29, 1.82) is 0 Å². The zero-order valence-electron chi connectivity index (χ0n) is 11.6. The Balaban J connectivity index is 0.000000486. The van der Waals surface area contributed by atoms with E-state index in [4.69, 9.17) is 15.7 Å². The first-order chi connectivity index (χ1) is 9.55. The fraction of sp³-hybridized carbons (Fsp3) is 0.385. The Labute approximate surface area is 120 Å². The number of carbonyl (C=O) groups is 2. The van der Waals surface area contributed by atoms with Gasteiger partial charge in [-0.3, -0.25) is 9.80 Å². The number of carbonyl (C=O) groups excluding carboxylic acids is 1. The van der Waals surface area contributed by atoms with E-state index >= 15 is 0 Å². The van der Waals surface area contributed by atoms with Gasteiger partial charge >= 0.3 is 12.1 Å². The van der Waals surface area contributed by atoms with Gasteiger partial charge in [0.2, 0.25) is 0 Å². The van der Waals surface area contributed by atoms with Gasteiger partial charge in [-0.1, -0.05) is 32.0 Å². The van der Waals surface area contributed by atoms with Crippen LogP contribution in [0.2, 0.25) is 0 Å². The predicted octanol–water partition coefficient (Wildman–Crippen LogP) is 2.29. The minimum absolute atomic E-state index is 0.126. The van der Waals surface area contributed by atoms with E-state index in [1.54, 1.807) is 12.1 Å². The van der Waals surface area contributed by atoms with E-state index in [2.05, 4.69) is 0 Å². The molecule has 8 heteroatoms. The van der Waals surface area contributed by atoms with E-state index < -0.39 is 12.1 Å². The van der Waals surface area contributed by atoms with E-state index in [9.17, 15) is 18.0 Å². The summed E-state index contributed by atoms with van der Waals surface area (Å²) in [4.78, 5) is 20.6. The molecular formula is C13H17F3N2O3. The molecule has 0 saturated carbocycles. The second-order valence-electron chi connectivity index (χ2n) is 4.52. The van der Waals surface area contributed by atoms with Crippen molar-refractivity contribution in [1.82, 2.24) is 5.01 Å². The number of amides is 1. The van der Waals surface area contributed by atoms with E-state index in [1.165, 1.54) is 5.01 Å². The summed E-state index contributed by atoms with van der Waals surface area (Å²) in [5.41, 5.74) is 0.635. The minimum atomic E-state index is -5.08. The number of aliphatic carboxylic acids is 1. The van der Waals surface area contributed by atoms with Gasteiger partial charge in [0.15, 0.2) is 0 Å². The van der Waals surface area contributed by atoms with E-state index in [-0.39, 0.29) is 5.91 Å². The highest BCUT2D eigenvalue weighted by atomic mass is 19.4. The molecule has 0 saturated heterocycles. The lowest BCUT2D eigenvalue weighted by Gasteiger charge is -2.18. The van der Waals surface area contributed by atoms with Crippen LogP contribution < -0.4 is 5.84 Å². The number of hydrazine groups is 1. The highest BCUT2D eigenvalue weighted by molar-refractivity contribution is 5.93. The summed E-state index contributed by atoms with van der Waals surface area (Å²) in [5, 5.41) is 8.39. The van der Waals surface area contributed by atoms with E-state index in [0.717, 1.165) is 0 Å². The summed E-state index contributed by atoms with van der Waals surface area (Å²) >= 11 is 0. The summed E-state index contributed by atoms with van der Waals surface area (Å²) in [6.45, 7) is 4.63. The number of alkyl halides is 3. The van der Waals surface area contributed by atoms with E-state index in [0.29, 0.717) is 18.0 Å². The summed E-state index contributed by atoms with van der Waals surface area (Å²) < 4.78 is 31.7. The summed E-state index contributed by atoms with van der Waals surface area (Å²) in [6, 6.07) is 9.07. The SMILES string of the molecule is CC(C)CN(N)C(=O)c1ccccc1.O=C(O)C(F)(F)F. The molecule has 0 bridgehead atoms. The molecule has 0 aliphatic heterocycles. The van der Waals surface area contributed by atoms with Gasteiger partial charge in [-0.15, -0.1) is 0 Å². The summed E-state index contributed by atoms with van der Waals surface area (Å²) in [7, 11) is 0. The van der Waals surface area contributed by atoms with Gasteiger partial charge in [-0.05, 0) is 18.1 Å². The van der Waals surface area contributed by atoms with Crippen LogP contribution in [0, 0.1) is 5.92 Å².